The van der Waals surface area contributed by atoms with Crippen LogP contribution in [0, 0.1) is 16.7 Å². The van der Waals surface area contributed by atoms with Crippen molar-refractivity contribution in [2.75, 3.05) is 0 Å². The van der Waals surface area contributed by atoms with Crippen molar-refractivity contribution in [3.05, 3.63) is 47.6 Å². The number of hydrogen-bond acceptors (Lipinski definition) is 2. The van der Waals surface area contributed by atoms with E-state index in [1.54, 1.807) is 6.92 Å². The molecule has 0 saturated heterocycles. The summed E-state index contributed by atoms with van der Waals surface area (Å²) in [5.74, 6) is -0.154. The molecule has 0 heterocycles. The fourth-order valence-corrected chi connectivity index (χ4v) is 2.86. The number of rotatable bonds is 6. The number of ketones is 1. The Morgan fingerprint density at radius 3 is 2.70 bits per heavy atom. The Bertz CT molecular complexity index is 697. The molecule has 3 heteroatoms. The van der Waals surface area contributed by atoms with Crippen molar-refractivity contribution in [1.29, 1.82) is 5.41 Å². The lowest BCUT2D eigenvalue weighted by molar-refractivity contribution is -0.122. The van der Waals surface area contributed by atoms with Crippen LogP contribution in [-0.2, 0) is 4.79 Å². The molecular formula is C20H24BNO. The van der Waals surface area contributed by atoms with Gasteiger partial charge in [-0.15, -0.1) is 0 Å². The highest BCUT2D eigenvalue weighted by Crippen LogP contribution is 2.40. The third-order valence-electron chi connectivity index (χ3n) is 4.71. The van der Waals surface area contributed by atoms with Gasteiger partial charge in [0, 0.05) is 12.1 Å². The second kappa shape index (κ2) is 6.70. The molecular weight excluding hydrogens is 281 g/mol. The number of carbonyl (C=O) groups is 1. The number of Topliss-reactive ketones (excluding diaryl/α,β-unsaturated/α-hetero) is 1. The molecule has 1 aromatic carbocycles. The lowest BCUT2D eigenvalue weighted by Gasteiger charge is -2.27. The highest BCUT2D eigenvalue weighted by atomic mass is 16.1. The van der Waals surface area contributed by atoms with E-state index in [0.29, 0.717) is 12.1 Å². The zero-order valence-corrected chi connectivity index (χ0v) is 14.4. The smallest absolute Gasteiger partial charge is 0.142 e. The third kappa shape index (κ3) is 4.10. The first-order valence-electron chi connectivity index (χ1n) is 8.05. The minimum atomic E-state index is -0.294. The van der Waals surface area contributed by atoms with Crippen molar-refractivity contribution in [1.82, 2.24) is 0 Å². The van der Waals surface area contributed by atoms with Gasteiger partial charge in [0.25, 0.3) is 0 Å². The Kier molecular flexibility index (Phi) is 5.08. The molecule has 1 aliphatic carbocycles. The molecule has 118 valence electrons. The molecule has 1 aromatic rings. The predicted molar refractivity (Wildman–Crippen MR) is 98.5 cm³/mol. The lowest BCUT2D eigenvalue weighted by Crippen LogP contribution is -2.26. The summed E-state index contributed by atoms with van der Waals surface area (Å²) in [7, 11) is 5.86. The molecule has 1 unspecified atom stereocenters. The number of benzene rings is 1. The van der Waals surface area contributed by atoms with Gasteiger partial charge in [0.2, 0.25) is 0 Å². The summed E-state index contributed by atoms with van der Waals surface area (Å²) in [6.45, 7) is 7.74. The number of allylic oxidation sites excluding steroid dienone is 4. The van der Waals surface area contributed by atoms with Crippen LogP contribution in [0.1, 0.15) is 46.1 Å². The molecule has 0 aromatic heterocycles. The van der Waals surface area contributed by atoms with Gasteiger partial charge in [-0.1, -0.05) is 68.2 Å². The molecule has 1 atom stereocenters. The van der Waals surface area contributed by atoms with Gasteiger partial charge in [0.05, 0.1) is 5.92 Å². The van der Waals surface area contributed by atoms with Crippen molar-refractivity contribution < 1.29 is 4.79 Å². The Labute approximate surface area is 140 Å². The summed E-state index contributed by atoms with van der Waals surface area (Å²) in [4.78, 5) is 12.4. The molecule has 0 fully saturated rings. The summed E-state index contributed by atoms with van der Waals surface area (Å²) in [5, 5.41) is 7.65. The van der Waals surface area contributed by atoms with Crippen LogP contribution in [0.25, 0.3) is 5.57 Å². The van der Waals surface area contributed by atoms with E-state index in [-0.39, 0.29) is 17.1 Å². The highest BCUT2D eigenvalue weighted by Gasteiger charge is 2.30. The first kappa shape index (κ1) is 17.5. The maximum absolute atomic E-state index is 12.4. The monoisotopic (exact) mass is 305 g/mol. The fraction of sp³-hybridized carbons (Fsp3) is 0.400. The summed E-state index contributed by atoms with van der Waals surface area (Å²) < 4.78 is 0. The maximum atomic E-state index is 12.4. The standard InChI is InChI=1S/C20H24BNO/c1-13(14(2)22)19(23)12-20(3,4)17-9-8-16(10-17)15-6-5-7-18(21)11-15/h5-8,10-11,13,22H,9,12H2,1-4H3. The molecule has 0 spiro atoms. The SMILES string of the molecule is [B]c1cccc(C2=CCC(C(C)(C)CC(=O)C(C)C(C)=N)=C2)c1. The quantitative estimate of drug-likeness (QED) is 0.629. The van der Waals surface area contributed by atoms with E-state index in [4.69, 9.17) is 13.3 Å². The Balaban J connectivity index is 2.15. The van der Waals surface area contributed by atoms with Gasteiger partial charge in [-0.2, -0.15) is 0 Å². The molecule has 2 rings (SSSR count). The van der Waals surface area contributed by atoms with E-state index in [1.165, 1.54) is 11.1 Å². The van der Waals surface area contributed by atoms with Crippen LogP contribution >= 0.6 is 0 Å². The highest BCUT2D eigenvalue weighted by molar-refractivity contribution is 6.32. The molecule has 23 heavy (non-hydrogen) atoms. The average Bonchev–Trinajstić information content (AvgIpc) is 2.96. The van der Waals surface area contributed by atoms with Crippen LogP contribution in [0.4, 0.5) is 0 Å². The van der Waals surface area contributed by atoms with Crippen LogP contribution in [0.15, 0.2) is 42.0 Å². The number of carbonyl (C=O) groups excluding carboxylic acids is 1. The van der Waals surface area contributed by atoms with Gasteiger partial charge in [-0.25, -0.2) is 0 Å². The minimum Gasteiger partial charge on any atom is -0.309 e. The average molecular weight is 305 g/mol. The lowest BCUT2D eigenvalue weighted by atomic mass is 9.76. The van der Waals surface area contributed by atoms with E-state index in [9.17, 15) is 4.79 Å². The van der Waals surface area contributed by atoms with Crippen LogP contribution < -0.4 is 5.46 Å². The largest absolute Gasteiger partial charge is 0.309 e. The molecule has 0 bridgehead atoms. The van der Waals surface area contributed by atoms with Crippen LogP contribution in [0.5, 0.6) is 0 Å². The maximum Gasteiger partial charge on any atom is 0.142 e. The van der Waals surface area contributed by atoms with Crippen molar-refractivity contribution in [3.8, 4) is 0 Å². The van der Waals surface area contributed by atoms with Crippen LogP contribution in [0.3, 0.4) is 0 Å². The minimum absolute atomic E-state index is 0.140. The molecule has 0 amide bonds. The Morgan fingerprint density at radius 2 is 2.09 bits per heavy atom. The molecule has 2 radical (unpaired) electrons. The van der Waals surface area contributed by atoms with Crippen LogP contribution in [-0.4, -0.2) is 19.3 Å². The summed E-state index contributed by atoms with van der Waals surface area (Å²) >= 11 is 0. The summed E-state index contributed by atoms with van der Waals surface area (Å²) in [6, 6.07) is 7.87. The normalized spacial score (nSPS) is 15.8. The van der Waals surface area contributed by atoms with Crippen molar-refractivity contribution in [3.63, 3.8) is 0 Å². The Morgan fingerprint density at radius 1 is 1.39 bits per heavy atom. The van der Waals surface area contributed by atoms with Crippen LogP contribution in [0.2, 0.25) is 0 Å². The zero-order chi connectivity index (χ0) is 17.2. The van der Waals surface area contributed by atoms with Gasteiger partial charge >= 0.3 is 0 Å². The molecule has 0 saturated carbocycles. The van der Waals surface area contributed by atoms with Gasteiger partial charge in [0.15, 0.2) is 0 Å². The van der Waals surface area contributed by atoms with E-state index < -0.39 is 0 Å². The van der Waals surface area contributed by atoms with E-state index in [0.717, 1.165) is 17.4 Å². The van der Waals surface area contributed by atoms with Gasteiger partial charge in [0.1, 0.15) is 13.6 Å². The summed E-state index contributed by atoms with van der Waals surface area (Å²) in [6.07, 6.45) is 5.71. The van der Waals surface area contributed by atoms with E-state index in [1.807, 2.05) is 25.1 Å². The number of nitrogens with one attached hydrogen (secondary N) is 1. The van der Waals surface area contributed by atoms with Crippen molar-refractivity contribution >= 4 is 30.4 Å². The van der Waals surface area contributed by atoms with Gasteiger partial charge in [-0.05, 0) is 29.9 Å². The van der Waals surface area contributed by atoms with E-state index in [2.05, 4.69) is 32.1 Å². The Hall–Kier alpha value is -1.90. The summed E-state index contributed by atoms with van der Waals surface area (Å²) in [5.41, 5.74) is 4.55. The second-order valence-electron chi connectivity index (χ2n) is 7.09. The predicted octanol–water partition coefficient (Wildman–Crippen LogP) is 3.86. The van der Waals surface area contributed by atoms with Gasteiger partial charge in [-0.3, -0.25) is 4.79 Å². The fourth-order valence-electron chi connectivity index (χ4n) is 2.86. The van der Waals surface area contributed by atoms with E-state index >= 15 is 0 Å². The van der Waals surface area contributed by atoms with Crippen molar-refractivity contribution in [2.24, 2.45) is 11.3 Å². The molecule has 1 N–H and O–H groups in total. The van der Waals surface area contributed by atoms with Gasteiger partial charge < -0.3 is 5.41 Å². The zero-order valence-electron chi connectivity index (χ0n) is 14.4. The first-order chi connectivity index (χ1) is 10.7. The number of hydrogen-bond donors (Lipinski definition) is 1. The first-order valence-corrected chi connectivity index (χ1v) is 8.05. The molecule has 0 aliphatic heterocycles. The second-order valence-corrected chi connectivity index (χ2v) is 7.09. The van der Waals surface area contributed by atoms with Crippen molar-refractivity contribution in [2.45, 2.75) is 40.5 Å². The molecule has 1 aliphatic rings. The third-order valence-corrected chi connectivity index (χ3v) is 4.71. The molecule has 2 nitrogen and oxygen atoms in total. The topological polar surface area (TPSA) is 40.9 Å².